The summed E-state index contributed by atoms with van der Waals surface area (Å²) in [7, 11) is 6.84. The van der Waals surface area contributed by atoms with Crippen molar-refractivity contribution >= 4 is 41.0 Å². The molecule has 3 aliphatic heterocycles. The molecular weight excluding hydrogens is 905 g/mol. The fraction of sp³-hybridized carbons (Fsp3) is 0.698. The molecule has 2 aromatic rings. The first kappa shape index (κ1) is 57.0. The highest BCUT2D eigenvalue weighted by atomic mass is 16.7. The third-order valence-corrected chi connectivity index (χ3v) is 13.9. The number of esters is 3. The fourth-order valence-corrected chi connectivity index (χ4v) is 10.1. The van der Waals surface area contributed by atoms with Gasteiger partial charge in [-0.1, -0.05) is 69.3 Å². The van der Waals surface area contributed by atoms with E-state index in [1.165, 1.54) is 7.11 Å². The van der Waals surface area contributed by atoms with Crippen molar-refractivity contribution in [3.8, 4) is 0 Å². The Morgan fingerprint density at radius 1 is 0.929 bits per heavy atom. The largest absolute Gasteiger partial charge is 0.462 e. The molecule has 3 N–H and O–H groups in total. The number of carbonyl (C=O) groups is 4. The maximum Gasteiger partial charge on any atom is 0.309 e. The van der Waals surface area contributed by atoms with E-state index in [9.17, 15) is 34.5 Å². The van der Waals surface area contributed by atoms with Gasteiger partial charge >= 0.3 is 17.9 Å². The van der Waals surface area contributed by atoms with Crippen LogP contribution in [-0.2, 0) is 57.1 Å². The maximum absolute atomic E-state index is 14.2. The number of fused-ring (bicyclic) bond motifs is 1. The van der Waals surface area contributed by atoms with Crippen molar-refractivity contribution in [2.75, 3.05) is 41.3 Å². The molecule has 16 atom stereocenters. The molecule has 0 bridgehead atoms. The van der Waals surface area contributed by atoms with E-state index in [-0.39, 0.29) is 38.0 Å². The number of ether oxygens (including phenoxy) is 8. The molecule has 5 rings (SSSR count). The van der Waals surface area contributed by atoms with Crippen LogP contribution in [0.4, 0.5) is 0 Å². The zero-order valence-corrected chi connectivity index (χ0v) is 42.8. The number of nitrogens with zero attached hydrogens (tertiary/aromatic N) is 2. The van der Waals surface area contributed by atoms with E-state index in [2.05, 4.69) is 24.3 Å². The molecule has 3 saturated heterocycles. The van der Waals surface area contributed by atoms with Gasteiger partial charge in [0.15, 0.2) is 18.7 Å². The monoisotopic (exact) mass is 985 g/mol. The predicted molar refractivity (Wildman–Crippen MR) is 261 cm³/mol. The third kappa shape index (κ3) is 15.6. The molecule has 5 unspecified atom stereocenters. The number of rotatable bonds is 15. The first-order valence-corrected chi connectivity index (χ1v) is 25.0. The first-order chi connectivity index (χ1) is 33.3. The van der Waals surface area contributed by atoms with E-state index in [4.69, 9.17) is 37.9 Å². The topological polar surface area (TPSA) is 209 Å². The number of aldehydes is 1. The molecule has 0 spiro atoms. The van der Waals surface area contributed by atoms with Crippen molar-refractivity contribution < 1.29 is 72.4 Å². The Kier molecular flexibility index (Phi) is 21.8. The second-order valence-corrected chi connectivity index (χ2v) is 19.9. The summed E-state index contributed by atoms with van der Waals surface area (Å²) < 4.78 is 49.9. The summed E-state index contributed by atoms with van der Waals surface area (Å²) in [6, 6.07) is 13.5. The van der Waals surface area contributed by atoms with Crippen LogP contribution in [0.2, 0.25) is 0 Å². The van der Waals surface area contributed by atoms with Crippen LogP contribution in [0.15, 0.2) is 48.5 Å². The van der Waals surface area contributed by atoms with Crippen LogP contribution < -0.4 is 0 Å². The number of likely N-dealkylation sites (N-methyl/N-ethyl adjacent to an activating group) is 2. The van der Waals surface area contributed by atoms with Gasteiger partial charge in [0.25, 0.3) is 0 Å². The Bertz CT molecular complexity index is 2020. The van der Waals surface area contributed by atoms with Crippen LogP contribution in [0.5, 0.6) is 0 Å². The SMILES string of the molecule is CCC(=O)O[C@@H]1CC(=O)O[C@@H](C/C=C/c2ccc3ccccc3c2)CCCN(C)C[C@H](O)[C@H](C)C[C@H](CC=O)[C@H](O[C@@H]2OC(C)[C@@H](O[C@H]3CC(C)(O)[C@@H](OC(=O)CC)C(C)O3)C(N(C)C)C2O)[C@H]1OC. The van der Waals surface area contributed by atoms with Crippen LogP contribution >= 0.6 is 0 Å². The predicted octanol–water partition coefficient (Wildman–Crippen LogP) is 5.21. The highest BCUT2D eigenvalue weighted by molar-refractivity contribution is 5.84. The minimum atomic E-state index is -1.50. The highest BCUT2D eigenvalue weighted by Crippen LogP contribution is 2.38. The van der Waals surface area contributed by atoms with Gasteiger partial charge in [0.05, 0.1) is 36.9 Å². The van der Waals surface area contributed by atoms with Crippen molar-refractivity contribution in [1.82, 2.24) is 9.80 Å². The van der Waals surface area contributed by atoms with Gasteiger partial charge in [-0.25, -0.2) is 0 Å². The lowest BCUT2D eigenvalue weighted by Crippen LogP contribution is -2.66. The molecule has 0 amide bonds. The number of hydrogen-bond acceptors (Lipinski definition) is 17. The standard InChI is InChI=1S/C53H80N2O15/c1-11-42(58)67-41-29-44(60)66-39(20-15-17-35-22-23-36-18-13-14-19-37(36)28-35)21-16-25-55(9)31-40(57)32(3)27-38(24-26-56)49(50(41)63-10)70-52-47(61)46(54(7)8)48(33(4)65-52)69-45-30-53(6,62)51(34(5)64-45)68-43(59)12-2/h13-15,17-19,22-23,26,28,32-34,38-41,45-52,57,61-62H,11-12,16,20-21,24-25,27,29-31H2,1-10H3/b17-15+/t32-,33?,34?,38+,39+,40+,41-,45+,46?,47?,48-,49+,50+,51+,52+,53?/m1/s1. The number of hydrogen-bond donors (Lipinski definition) is 3. The molecule has 0 saturated carbocycles. The molecule has 3 heterocycles. The zero-order chi connectivity index (χ0) is 51.3. The first-order valence-electron chi connectivity index (χ1n) is 25.0. The van der Waals surface area contributed by atoms with Gasteiger partial charge in [-0.05, 0) is 102 Å². The molecule has 0 aromatic heterocycles. The van der Waals surface area contributed by atoms with E-state index in [0.29, 0.717) is 32.4 Å². The van der Waals surface area contributed by atoms with Gasteiger partial charge in [0.1, 0.15) is 42.4 Å². The highest BCUT2D eigenvalue weighted by Gasteiger charge is 2.53. The lowest BCUT2D eigenvalue weighted by Gasteiger charge is -2.50. The van der Waals surface area contributed by atoms with Crippen molar-refractivity contribution in [3.63, 3.8) is 0 Å². The van der Waals surface area contributed by atoms with Gasteiger partial charge in [-0.2, -0.15) is 0 Å². The van der Waals surface area contributed by atoms with Crippen LogP contribution in [0.25, 0.3) is 16.8 Å². The smallest absolute Gasteiger partial charge is 0.309 e. The second kappa shape index (κ2) is 26.7. The van der Waals surface area contributed by atoms with E-state index in [0.717, 1.165) is 22.6 Å². The molecule has 3 aliphatic rings. The van der Waals surface area contributed by atoms with E-state index in [1.54, 1.807) is 53.6 Å². The van der Waals surface area contributed by atoms with Gasteiger partial charge < -0.3 is 67.8 Å². The number of β-amino-alcohol motifs (C(OH)–C–C–N with tert-alkyl or cyclic N) is 1. The Hall–Kier alpha value is -3.88. The Labute approximate surface area is 414 Å². The van der Waals surface area contributed by atoms with Crippen molar-refractivity contribution in [3.05, 3.63) is 54.1 Å². The molecule has 17 heteroatoms. The van der Waals surface area contributed by atoms with Crippen LogP contribution in [-0.4, -0.2) is 176 Å². The second-order valence-electron chi connectivity index (χ2n) is 19.9. The molecule has 3 fully saturated rings. The molecule has 0 aliphatic carbocycles. The summed E-state index contributed by atoms with van der Waals surface area (Å²) in [6.07, 6.45) is -5.87. The van der Waals surface area contributed by atoms with E-state index < -0.39 is 116 Å². The average molecular weight is 985 g/mol. The molecule has 0 radical (unpaired) electrons. The summed E-state index contributed by atoms with van der Waals surface area (Å²) in [5, 5.41) is 37.6. The number of methoxy groups -OCH3 is 1. The van der Waals surface area contributed by atoms with Gasteiger partial charge in [0.2, 0.25) is 0 Å². The van der Waals surface area contributed by atoms with Crippen molar-refractivity contribution in [2.45, 2.75) is 185 Å². The van der Waals surface area contributed by atoms with Crippen LogP contribution in [0.1, 0.15) is 105 Å². The lowest BCUT2D eigenvalue weighted by molar-refractivity contribution is -0.344. The lowest BCUT2D eigenvalue weighted by atomic mass is 9.82. The maximum atomic E-state index is 14.2. The minimum Gasteiger partial charge on any atom is -0.462 e. The summed E-state index contributed by atoms with van der Waals surface area (Å²) >= 11 is 0. The van der Waals surface area contributed by atoms with Gasteiger partial charge in [0, 0.05) is 45.8 Å². The van der Waals surface area contributed by atoms with Crippen LogP contribution in [0, 0.1) is 11.8 Å². The number of benzene rings is 2. The average Bonchev–Trinajstić information content (AvgIpc) is 3.30. The zero-order valence-electron chi connectivity index (χ0n) is 42.8. The van der Waals surface area contributed by atoms with Crippen molar-refractivity contribution in [1.29, 1.82) is 0 Å². The quantitative estimate of drug-likeness (QED) is 0.119. The number of cyclic esters (lactones) is 1. The van der Waals surface area contributed by atoms with E-state index in [1.807, 2.05) is 49.2 Å². The summed E-state index contributed by atoms with van der Waals surface area (Å²) in [4.78, 5) is 56.0. The molecular formula is C53H80N2O15. The molecule has 17 nitrogen and oxygen atoms in total. The molecule has 392 valence electrons. The Morgan fingerprint density at radius 2 is 1.63 bits per heavy atom. The number of aliphatic hydroxyl groups is 3. The molecule has 2 aromatic carbocycles. The summed E-state index contributed by atoms with van der Waals surface area (Å²) in [6.45, 7) is 11.1. The third-order valence-electron chi connectivity index (χ3n) is 13.9. The van der Waals surface area contributed by atoms with E-state index >= 15 is 0 Å². The molecule has 70 heavy (non-hydrogen) atoms. The Morgan fingerprint density at radius 3 is 2.29 bits per heavy atom. The fourth-order valence-electron chi connectivity index (χ4n) is 10.1. The van der Waals surface area contributed by atoms with Gasteiger partial charge in [-0.3, -0.25) is 14.4 Å². The number of aliphatic hydroxyl groups excluding tert-OH is 2. The van der Waals surface area contributed by atoms with Crippen LogP contribution in [0.3, 0.4) is 0 Å². The number of carbonyl (C=O) groups excluding carboxylic acids is 4. The summed E-state index contributed by atoms with van der Waals surface area (Å²) in [5.41, 5.74) is -0.502. The normalized spacial score (nSPS) is 35.6. The van der Waals surface area contributed by atoms with Gasteiger partial charge in [-0.15, -0.1) is 0 Å². The van der Waals surface area contributed by atoms with Crippen molar-refractivity contribution in [2.24, 2.45) is 11.8 Å². The minimum absolute atomic E-state index is 0.0124. The summed E-state index contributed by atoms with van der Waals surface area (Å²) in [5.74, 6) is -2.78. The Balaban J connectivity index is 1.44.